The van der Waals surface area contributed by atoms with Crippen LogP contribution in [0.3, 0.4) is 0 Å². The summed E-state index contributed by atoms with van der Waals surface area (Å²) in [6.45, 7) is 0.470. The minimum atomic E-state index is -0.402. The zero-order chi connectivity index (χ0) is 10.8. The maximum Gasteiger partial charge on any atom is 0.324 e. The maximum atomic E-state index is 10.5. The summed E-state index contributed by atoms with van der Waals surface area (Å²) < 4.78 is 1.59. The Labute approximate surface area is 89.1 Å². The number of nitrogens with zero attached hydrogens (tertiary/aromatic N) is 3. The van der Waals surface area contributed by atoms with Gasteiger partial charge < -0.3 is 5.73 Å². The topological polar surface area (TPSA) is 87.0 Å². The van der Waals surface area contributed by atoms with Crippen molar-refractivity contribution < 1.29 is 4.92 Å². The zero-order valence-electron chi connectivity index (χ0n) is 7.66. The average Bonchev–Trinajstić information content (AvgIpc) is 2.77. The highest BCUT2D eigenvalue weighted by molar-refractivity contribution is 7.15. The Bertz CT molecular complexity index is 490. The predicted octanol–water partition coefficient (Wildman–Crippen LogP) is 1.48. The zero-order valence-corrected chi connectivity index (χ0v) is 8.48. The summed E-state index contributed by atoms with van der Waals surface area (Å²) in [4.78, 5) is 10.9. The third-order valence-electron chi connectivity index (χ3n) is 1.88. The summed E-state index contributed by atoms with van der Waals surface area (Å²) in [5.41, 5.74) is 5.63. The van der Waals surface area contributed by atoms with Crippen molar-refractivity contribution in [3.05, 3.63) is 39.4 Å². The summed E-state index contributed by atoms with van der Waals surface area (Å²) in [5.74, 6) is 0.547. The van der Waals surface area contributed by atoms with Crippen molar-refractivity contribution >= 4 is 22.2 Å². The van der Waals surface area contributed by atoms with Crippen LogP contribution in [0.4, 0.5) is 10.8 Å². The first-order chi connectivity index (χ1) is 7.16. The van der Waals surface area contributed by atoms with Crippen LogP contribution in [-0.4, -0.2) is 14.7 Å². The van der Waals surface area contributed by atoms with Gasteiger partial charge in [0.2, 0.25) is 0 Å². The van der Waals surface area contributed by atoms with Crippen LogP contribution in [0.25, 0.3) is 0 Å². The molecular weight excluding hydrogens is 216 g/mol. The Kier molecular flexibility index (Phi) is 2.38. The Morgan fingerprint density at radius 3 is 2.87 bits per heavy atom. The van der Waals surface area contributed by atoms with Gasteiger partial charge in [0, 0.05) is 10.9 Å². The quantitative estimate of drug-likeness (QED) is 0.632. The second-order valence-corrected chi connectivity index (χ2v) is 4.06. The highest BCUT2D eigenvalue weighted by Crippen LogP contribution is 2.24. The van der Waals surface area contributed by atoms with Gasteiger partial charge >= 0.3 is 5.00 Å². The molecule has 0 bridgehead atoms. The largest absolute Gasteiger partial charge is 0.384 e. The molecule has 7 heteroatoms. The van der Waals surface area contributed by atoms with Crippen molar-refractivity contribution in [3.8, 4) is 0 Å². The van der Waals surface area contributed by atoms with Crippen LogP contribution >= 0.6 is 11.3 Å². The predicted molar refractivity (Wildman–Crippen MR) is 56.7 cm³/mol. The number of anilines is 1. The standard InChI is InChI=1S/C8H8N4O2S/c9-7-3-4-10-11(7)5-6-1-2-8(15-6)12(13)14/h1-4H,5,9H2. The minimum Gasteiger partial charge on any atom is -0.384 e. The van der Waals surface area contributed by atoms with E-state index in [9.17, 15) is 10.1 Å². The van der Waals surface area contributed by atoms with E-state index in [1.54, 1.807) is 23.0 Å². The van der Waals surface area contributed by atoms with E-state index in [0.717, 1.165) is 16.2 Å². The van der Waals surface area contributed by atoms with E-state index in [1.165, 1.54) is 6.07 Å². The van der Waals surface area contributed by atoms with Crippen LogP contribution in [0.5, 0.6) is 0 Å². The highest BCUT2D eigenvalue weighted by Gasteiger charge is 2.10. The molecule has 0 radical (unpaired) electrons. The number of aromatic nitrogens is 2. The van der Waals surface area contributed by atoms with Crippen LogP contribution in [-0.2, 0) is 6.54 Å². The molecule has 0 unspecified atom stereocenters. The normalized spacial score (nSPS) is 10.4. The van der Waals surface area contributed by atoms with Crippen molar-refractivity contribution in [2.24, 2.45) is 0 Å². The Morgan fingerprint density at radius 2 is 2.33 bits per heavy atom. The Morgan fingerprint density at radius 1 is 1.53 bits per heavy atom. The van der Waals surface area contributed by atoms with Gasteiger partial charge in [-0.2, -0.15) is 5.10 Å². The number of nitrogens with two attached hydrogens (primary N) is 1. The van der Waals surface area contributed by atoms with Crippen LogP contribution in [0, 0.1) is 10.1 Å². The molecule has 2 aromatic rings. The molecule has 2 rings (SSSR count). The molecule has 0 aliphatic rings. The molecule has 0 saturated heterocycles. The van der Waals surface area contributed by atoms with E-state index in [1.807, 2.05) is 0 Å². The summed E-state index contributed by atoms with van der Waals surface area (Å²) in [6, 6.07) is 4.88. The fourth-order valence-corrected chi connectivity index (χ4v) is 1.97. The summed E-state index contributed by atoms with van der Waals surface area (Å²) >= 11 is 1.13. The third kappa shape index (κ3) is 1.96. The molecule has 2 N–H and O–H groups in total. The van der Waals surface area contributed by atoms with E-state index < -0.39 is 4.92 Å². The van der Waals surface area contributed by atoms with E-state index in [4.69, 9.17) is 5.73 Å². The van der Waals surface area contributed by atoms with Gasteiger partial charge in [-0.15, -0.1) is 0 Å². The molecule has 2 aromatic heterocycles. The third-order valence-corrected chi connectivity index (χ3v) is 2.90. The molecule has 0 fully saturated rings. The molecule has 2 heterocycles. The van der Waals surface area contributed by atoms with Crippen molar-refractivity contribution in [1.82, 2.24) is 9.78 Å². The van der Waals surface area contributed by atoms with Crippen molar-refractivity contribution in [1.29, 1.82) is 0 Å². The molecule has 78 valence electrons. The summed E-state index contributed by atoms with van der Waals surface area (Å²) in [6.07, 6.45) is 1.59. The van der Waals surface area contributed by atoms with E-state index in [0.29, 0.717) is 12.4 Å². The van der Waals surface area contributed by atoms with Crippen molar-refractivity contribution in [2.45, 2.75) is 6.54 Å². The lowest BCUT2D eigenvalue weighted by atomic mass is 10.4. The number of rotatable bonds is 3. The van der Waals surface area contributed by atoms with Crippen LogP contribution in [0.2, 0.25) is 0 Å². The molecule has 0 saturated carbocycles. The lowest BCUT2D eigenvalue weighted by Gasteiger charge is -1.99. The molecule has 6 nitrogen and oxygen atoms in total. The first-order valence-electron chi connectivity index (χ1n) is 4.17. The van der Waals surface area contributed by atoms with Gasteiger partial charge in [0.1, 0.15) is 5.82 Å². The van der Waals surface area contributed by atoms with Gasteiger partial charge in [-0.25, -0.2) is 4.68 Å². The Hall–Kier alpha value is -1.89. The van der Waals surface area contributed by atoms with Gasteiger partial charge in [-0.05, 0) is 12.1 Å². The van der Waals surface area contributed by atoms with Crippen molar-refractivity contribution in [3.63, 3.8) is 0 Å². The van der Waals surface area contributed by atoms with Gasteiger partial charge in [-0.3, -0.25) is 10.1 Å². The molecule has 0 amide bonds. The Balaban J connectivity index is 2.18. The second-order valence-electron chi connectivity index (χ2n) is 2.91. The first-order valence-corrected chi connectivity index (χ1v) is 4.99. The molecular formula is C8H8N4O2S. The second kappa shape index (κ2) is 3.70. The van der Waals surface area contributed by atoms with Gasteiger partial charge in [0.25, 0.3) is 0 Å². The number of thiophene rings is 1. The summed E-state index contributed by atoms with van der Waals surface area (Å²) in [5, 5.41) is 14.6. The molecule has 15 heavy (non-hydrogen) atoms. The maximum absolute atomic E-state index is 10.5. The lowest BCUT2D eigenvalue weighted by Crippen LogP contribution is -2.04. The van der Waals surface area contributed by atoms with Crippen LogP contribution in [0.15, 0.2) is 24.4 Å². The fourth-order valence-electron chi connectivity index (χ4n) is 1.17. The minimum absolute atomic E-state index is 0.135. The molecule has 0 atom stereocenters. The monoisotopic (exact) mass is 224 g/mol. The van der Waals surface area contributed by atoms with Crippen LogP contribution in [0.1, 0.15) is 4.88 Å². The first kappa shape index (κ1) is 9.66. The van der Waals surface area contributed by atoms with Gasteiger partial charge in [0.05, 0.1) is 17.7 Å². The molecule has 0 aromatic carbocycles. The van der Waals surface area contributed by atoms with E-state index in [-0.39, 0.29) is 5.00 Å². The van der Waals surface area contributed by atoms with Gasteiger partial charge in [-0.1, -0.05) is 11.3 Å². The van der Waals surface area contributed by atoms with E-state index in [2.05, 4.69) is 5.10 Å². The molecule has 0 aliphatic carbocycles. The fraction of sp³-hybridized carbons (Fsp3) is 0.125. The van der Waals surface area contributed by atoms with Crippen LogP contribution < -0.4 is 5.73 Å². The average molecular weight is 224 g/mol. The SMILES string of the molecule is Nc1ccnn1Cc1ccc([N+](=O)[O-])s1. The number of hydrogen-bond donors (Lipinski definition) is 1. The number of nitro groups is 1. The van der Waals surface area contributed by atoms with E-state index >= 15 is 0 Å². The lowest BCUT2D eigenvalue weighted by molar-refractivity contribution is -0.380. The van der Waals surface area contributed by atoms with Crippen molar-refractivity contribution in [2.75, 3.05) is 5.73 Å². The highest BCUT2D eigenvalue weighted by atomic mass is 32.1. The molecule has 0 spiro atoms. The van der Waals surface area contributed by atoms with Gasteiger partial charge in [0.15, 0.2) is 0 Å². The summed E-state index contributed by atoms with van der Waals surface area (Å²) in [7, 11) is 0. The molecule has 0 aliphatic heterocycles. The number of hydrogen-bond acceptors (Lipinski definition) is 5. The number of nitrogen functional groups attached to an aromatic ring is 1. The smallest absolute Gasteiger partial charge is 0.324 e.